The van der Waals surface area contributed by atoms with Crippen molar-refractivity contribution in [2.75, 3.05) is 41.8 Å². The van der Waals surface area contributed by atoms with Crippen molar-refractivity contribution in [2.45, 2.75) is 23.3 Å². The normalized spacial score (nSPS) is 14.8. The minimum atomic E-state index is -0.213. The van der Waals surface area contributed by atoms with Gasteiger partial charge in [0.15, 0.2) is 0 Å². The molecule has 1 fully saturated rings. The fraction of sp³-hybridized carbons (Fsp3) is 0.240. The first-order valence-corrected chi connectivity index (χ1v) is 11.7. The molecule has 2 aromatic carbocycles. The van der Waals surface area contributed by atoms with Gasteiger partial charge in [-0.1, -0.05) is 18.3 Å². The van der Waals surface area contributed by atoms with Crippen LogP contribution in [0.1, 0.15) is 16.7 Å². The summed E-state index contributed by atoms with van der Waals surface area (Å²) in [6.07, 6.45) is 3.88. The summed E-state index contributed by atoms with van der Waals surface area (Å²) < 4.78 is 5.43. The molecule has 0 aliphatic carbocycles. The number of rotatable bonds is 5. The number of carbonyl (C=O) groups is 1. The highest BCUT2D eigenvalue weighted by atomic mass is 32.2. The van der Waals surface area contributed by atoms with Crippen LogP contribution in [-0.4, -0.2) is 42.2 Å². The Kier molecular flexibility index (Phi) is 6.02. The maximum absolute atomic E-state index is 11.7. The highest BCUT2D eigenvalue weighted by Crippen LogP contribution is 2.41. The van der Waals surface area contributed by atoms with Crippen LogP contribution >= 0.6 is 11.8 Å². The van der Waals surface area contributed by atoms with E-state index in [1.54, 1.807) is 11.8 Å². The zero-order valence-electron chi connectivity index (χ0n) is 18.4. The molecule has 0 unspecified atom stereocenters. The highest BCUT2D eigenvalue weighted by Gasteiger charge is 2.21. The number of anilines is 4. The number of ether oxygens (including phenoxy) is 1. The third-order valence-corrected chi connectivity index (χ3v) is 7.04. The van der Waals surface area contributed by atoms with Gasteiger partial charge in [-0.05, 0) is 60.5 Å². The van der Waals surface area contributed by atoms with Crippen molar-refractivity contribution in [2.24, 2.45) is 0 Å². The Bertz CT molecular complexity index is 1210. The van der Waals surface area contributed by atoms with Gasteiger partial charge >= 0.3 is 0 Å². The van der Waals surface area contributed by atoms with Crippen LogP contribution in [0.15, 0.2) is 65.2 Å². The summed E-state index contributed by atoms with van der Waals surface area (Å²) >= 11 is 1.65. The minimum Gasteiger partial charge on any atom is -0.378 e. The molecule has 7 nitrogen and oxygen atoms in total. The lowest BCUT2D eigenvalue weighted by atomic mass is 10.0. The van der Waals surface area contributed by atoms with E-state index in [0.717, 1.165) is 65.8 Å². The molecule has 33 heavy (non-hydrogen) atoms. The third kappa shape index (κ3) is 4.72. The van der Waals surface area contributed by atoms with E-state index in [1.165, 1.54) is 16.7 Å². The number of aromatic nitrogens is 2. The van der Waals surface area contributed by atoms with Crippen molar-refractivity contribution in [1.82, 2.24) is 9.97 Å². The zero-order chi connectivity index (χ0) is 22.8. The Morgan fingerprint density at radius 3 is 2.70 bits per heavy atom. The molecule has 1 amide bonds. The van der Waals surface area contributed by atoms with Crippen LogP contribution in [0.3, 0.4) is 0 Å². The molecule has 5 rings (SSSR count). The molecule has 1 saturated heterocycles. The molecular formula is C25H25N5O2S. The quantitative estimate of drug-likeness (QED) is 0.335. The van der Waals surface area contributed by atoms with Crippen LogP contribution in [0.2, 0.25) is 0 Å². The SMILES string of the molecule is C=CC(=O)Nc1cc(C)c2c(c1)Cc1cnc(Nc3ccc(N4CCOCC4)cc3)nc1S2. The molecule has 0 radical (unpaired) electrons. The van der Waals surface area contributed by atoms with Crippen molar-refractivity contribution in [3.8, 4) is 0 Å². The van der Waals surface area contributed by atoms with Crippen molar-refractivity contribution >= 4 is 40.7 Å². The number of amides is 1. The standard InChI is InChI=1S/C25H25N5O2S/c1-3-22(31)27-20-12-16(2)23-17(14-20)13-18-15-26-25(29-24(18)33-23)28-19-4-6-21(7-5-19)30-8-10-32-11-9-30/h3-7,12,14-15H,1,8-11,13H2,2H3,(H,27,31)(H,26,28,29). The van der Waals surface area contributed by atoms with Crippen LogP contribution in [0.4, 0.5) is 23.0 Å². The van der Waals surface area contributed by atoms with Crippen LogP contribution in [0, 0.1) is 6.92 Å². The molecule has 8 heteroatoms. The van der Waals surface area contributed by atoms with Gasteiger partial charge in [-0.2, -0.15) is 0 Å². The Morgan fingerprint density at radius 1 is 1.15 bits per heavy atom. The maximum Gasteiger partial charge on any atom is 0.247 e. The first-order chi connectivity index (χ1) is 16.1. The van der Waals surface area contributed by atoms with Crippen molar-refractivity contribution in [1.29, 1.82) is 0 Å². The Labute approximate surface area is 197 Å². The summed E-state index contributed by atoms with van der Waals surface area (Å²) in [5.74, 6) is 0.367. The number of nitrogens with zero attached hydrogens (tertiary/aromatic N) is 3. The summed E-state index contributed by atoms with van der Waals surface area (Å²) in [5.41, 5.74) is 6.27. The number of benzene rings is 2. The summed E-state index contributed by atoms with van der Waals surface area (Å²) in [4.78, 5) is 24.5. The van der Waals surface area contributed by atoms with Crippen molar-refractivity contribution < 1.29 is 9.53 Å². The van der Waals surface area contributed by atoms with Crippen LogP contribution in [0.5, 0.6) is 0 Å². The van der Waals surface area contributed by atoms with Gasteiger partial charge < -0.3 is 20.3 Å². The first kappa shape index (κ1) is 21.5. The molecule has 1 aromatic heterocycles. The molecule has 3 heterocycles. The molecular weight excluding hydrogens is 434 g/mol. The van der Waals surface area contributed by atoms with Gasteiger partial charge in [0.05, 0.1) is 13.2 Å². The minimum absolute atomic E-state index is 0.213. The number of morpholine rings is 1. The molecule has 2 aliphatic heterocycles. The van der Waals surface area contributed by atoms with E-state index in [2.05, 4.69) is 58.3 Å². The second-order valence-electron chi connectivity index (χ2n) is 8.05. The zero-order valence-corrected chi connectivity index (χ0v) is 19.2. The predicted molar refractivity (Wildman–Crippen MR) is 132 cm³/mol. The molecule has 0 atom stereocenters. The van der Waals surface area contributed by atoms with E-state index in [0.29, 0.717) is 5.95 Å². The lowest BCUT2D eigenvalue weighted by Gasteiger charge is -2.28. The highest BCUT2D eigenvalue weighted by molar-refractivity contribution is 7.99. The van der Waals surface area contributed by atoms with Gasteiger partial charge in [-0.3, -0.25) is 4.79 Å². The third-order valence-electron chi connectivity index (χ3n) is 5.71. The van der Waals surface area contributed by atoms with Gasteiger partial charge in [0.1, 0.15) is 5.03 Å². The molecule has 2 N–H and O–H groups in total. The number of aryl methyl sites for hydroxylation is 1. The fourth-order valence-electron chi connectivity index (χ4n) is 4.06. The van der Waals surface area contributed by atoms with Gasteiger partial charge in [-0.15, -0.1) is 0 Å². The summed E-state index contributed by atoms with van der Waals surface area (Å²) in [6.45, 7) is 8.95. The molecule has 2 aliphatic rings. The number of hydrogen-bond acceptors (Lipinski definition) is 7. The van der Waals surface area contributed by atoms with Gasteiger partial charge in [0.2, 0.25) is 11.9 Å². The van der Waals surface area contributed by atoms with E-state index >= 15 is 0 Å². The molecule has 0 spiro atoms. The van der Waals surface area contributed by atoms with E-state index in [9.17, 15) is 4.79 Å². The summed E-state index contributed by atoms with van der Waals surface area (Å²) in [6, 6.07) is 12.3. The van der Waals surface area contributed by atoms with Gasteiger partial charge in [0, 0.05) is 53.2 Å². The van der Waals surface area contributed by atoms with Crippen LogP contribution < -0.4 is 15.5 Å². The van der Waals surface area contributed by atoms with Crippen LogP contribution in [-0.2, 0) is 16.0 Å². The van der Waals surface area contributed by atoms with Gasteiger partial charge in [-0.25, -0.2) is 9.97 Å². The first-order valence-electron chi connectivity index (χ1n) is 10.9. The van der Waals surface area contributed by atoms with Gasteiger partial charge in [0.25, 0.3) is 0 Å². The Hall–Kier alpha value is -3.36. The van der Waals surface area contributed by atoms with E-state index in [1.807, 2.05) is 18.3 Å². The largest absolute Gasteiger partial charge is 0.378 e. The topological polar surface area (TPSA) is 79.4 Å². The number of hydrogen-bond donors (Lipinski definition) is 2. The van der Waals surface area contributed by atoms with Crippen LogP contribution in [0.25, 0.3) is 0 Å². The maximum atomic E-state index is 11.7. The fourth-order valence-corrected chi connectivity index (χ4v) is 5.12. The van der Waals surface area contributed by atoms with E-state index < -0.39 is 0 Å². The van der Waals surface area contributed by atoms with Crippen molar-refractivity contribution in [3.63, 3.8) is 0 Å². The molecule has 0 saturated carbocycles. The summed E-state index contributed by atoms with van der Waals surface area (Å²) in [7, 11) is 0. The van der Waals surface area contributed by atoms with E-state index in [-0.39, 0.29) is 5.91 Å². The molecule has 0 bridgehead atoms. The Balaban J connectivity index is 1.31. The molecule has 3 aromatic rings. The second kappa shape index (κ2) is 9.25. The van der Waals surface area contributed by atoms with E-state index in [4.69, 9.17) is 9.72 Å². The second-order valence-corrected chi connectivity index (χ2v) is 9.05. The average molecular weight is 460 g/mol. The lowest BCUT2D eigenvalue weighted by molar-refractivity contribution is -0.111. The smallest absolute Gasteiger partial charge is 0.247 e. The van der Waals surface area contributed by atoms with Crippen molar-refractivity contribution in [3.05, 3.63) is 71.9 Å². The summed E-state index contributed by atoms with van der Waals surface area (Å²) in [5, 5.41) is 7.13. The lowest BCUT2D eigenvalue weighted by Crippen LogP contribution is -2.36. The monoisotopic (exact) mass is 459 g/mol. The predicted octanol–water partition coefficient (Wildman–Crippen LogP) is 4.55. The molecule has 168 valence electrons. The Morgan fingerprint density at radius 2 is 1.94 bits per heavy atom. The number of carbonyl (C=O) groups excluding carboxylic acids is 1. The number of fused-ring (bicyclic) bond motifs is 2. The average Bonchev–Trinajstić information content (AvgIpc) is 2.84. The number of nitrogens with one attached hydrogen (secondary N) is 2.